The molecule has 0 aliphatic rings. The maximum Gasteiger partial charge on any atom is 0.340 e. The van der Waals surface area contributed by atoms with Crippen LogP contribution in [0, 0.1) is 0 Å². The number of hydrogen-bond acceptors (Lipinski definition) is 8. The summed E-state index contributed by atoms with van der Waals surface area (Å²) in [6, 6.07) is 3.94. The van der Waals surface area contributed by atoms with Crippen LogP contribution in [0.25, 0.3) is 11.4 Å². The molecule has 0 atom stereocenters. The number of hydrogen-bond donors (Lipinski definition) is 1. The molecule has 0 aliphatic heterocycles. The van der Waals surface area contributed by atoms with Gasteiger partial charge in [-0.25, -0.2) is 4.79 Å². The average Bonchev–Trinajstić information content (AvgIpc) is 3.50. The van der Waals surface area contributed by atoms with Gasteiger partial charge in [0.1, 0.15) is 5.00 Å². The van der Waals surface area contributed by atoms with Gasteiger partial charge in [0.15, 0.2) is 11.0 Å². The number of nitrogens with one attached hydrogen (secondary N) is 1. The van der Waals surface area contributed by atoms with Gasteiger partial charge in [-0.1, -0.05) is 39.5 Å². The van der Waals surface area contributed by atoms with E-state index in [0.717, 1.165) is 35.7 Å². The van der Waals surface area contributed by atoms with Crippen LogP contribution in [0.4, 0.5) is 5.00 Å². The first-order chi connectivity index (χ1) is 15.4. The minimum absolute atomic E-state index is 0.169. The molecular weight excluding hydrogens is 464 g/mol. The number of anilines is 1. The normalized spacial score (nSPS) is 11.2. The quantitative estimate of drug-likeness (QED) is 0.289. The second-order valence-electron chi connectivity index (χ2n) is 7.49. The maximum absolute atomic E-state index is 12.6. The van der Waals surface area contributed by atoms with E-state index in [0.29, 0.717) is 21.6 Å². The summed E-state index contributed by atoms with van der Waals surface area (Å²) in [5.74, 6) is 0.816. The highest BCUT2D eigenvalue weighted by Gasteiger charge is 2.20. The molecule has 1 N–H and O–H groups in total. The summed E-state index contributed by atoms with van der Waals surface area (Å²) in [4.78, 5) is 27.0. The zero-order valence-electron chi connectivity index (χ0n) is 18.9. The topological polar surface area (TPSA) is 86.1 Å². The number of amides is 1. The van der Waals surface area contributed by atoms with Gasteiger partial charge in [0.05, 0.1) is 18.4 Å². The van der Waals surface area contributed by atoms with E-state index < -0.39 is 5.97 Å². The van der Waals surface area contributed by atoms with Gasteiger partial charge in [-0.15, -0.1) is 32.9 Å². The van der Waals surface area contributed by atoms with Gasteiger partial charge in [0, 0.05) is 27.2 Å². The van der Waals surface area contributed by atoms with Crippen LogP contribution in [0.3, 0.4) is 0 Å². The Morgan fingerprint density at radius 3 is 2.66 bits per heavy atom. The van der Waals surface area contributed by atoms with Crippen LogP contribution < -0.4 is 5.32 Å². The summed E-state index contributed by atoms with van der Waals surface area (Å²) >= 11 is 4.47. The largest absolute Gasteiger partial charge is 0.465 e. The fourth-order valence-corrected chi connectivity index (χ4v) is 5.74. The lowest BCUT2D eigenvalue weighted by atomic mass is 10.1. The Kier molecular flexibility index (Phi) is 8.50. The fourth-order valence-electron chi connectivity index (χ4n) is 3.07. The molecule has 3 heterocycles. The lowest BCUT2D eigenvalue weighted by Crippen LogP contribution is -2.16. The van der Waals surface area contributed by atoms with Crippen LogP contribution >= 0.6 is 34.4 Å². The summed E-state index contributed by atoms with van der Waals surface area (Å²) in [6.45, 7) is 9.24. The Morgan fingerprint density at radius 1 is 1.25 bits per heavy atom. The number of thioether (sulfide) groups is 1. The molecule has 0 saturated heterocycles. The van der Waals surface area contributed by atoms with Crippen molar-refractivity contribution in [3.8, 4) is 11.4 Å². The molecule has 0 bridgehead atoms. The van der Waals surface area contributed by atoms with E-state index >= 15 is 0 Å². The maximum atomic E-state index is 12.6. The van der Waals surface area contributed by atoms with Crippen molar-refractivity contribution >= 4 is 51.3 Å². The van der Waals surface area contributed by atoms with Crippen molar-refractivity contribution < 1.29 is 14.3 Å². The number of carbonyl (C=O) groups is 2. The highest BCUT2D eigenvalue weighted by molar-refractivity contribution is 7.99. The summed E-state index contributed by atoms with van der Waals surface area (Å²) in [7, 11) is 1.34. The molecule has 7 nitrogen and oxygen atoms in total. The minimum atomic E-state index is -0.451. The number of ether oxygens (including phenoxy) is 1. The third kappa shape index (κ3) is 5.60. The lowest BCUT2D eigenvalue weighted by molar-refractivity contribution is -0.113. The fraction of sp³-hybridized carbons (Fsp3) is 0.455. The second-order valence-corrected chi connectivity index (χ2v) is 10.5. The molecule has 172 valence electrons. The van der Waals surface area contributed by atoms with E-state index in [1.165, 1.54) is 35.1 Å². The Balaban J connectivity index is 1.73. The van der Waals surface area contributed by atoms with Gasteiger partial charge in [0.25, 0.3) is 0 Å². The molecule has 0 saturated carbocycles. The average molecular weight is 493 g/mol. The third-order valence-corrected chi connectivity index (χ3v) is 8.13. The number of thiophene rings is 2. The van der Waals surface area contributed by atoms with Crippen molar-refractivity contribution in [3.63, 3.8) is 0 Å². The number of aryl methyl sites for hydroxylation is 1. The molecule has 0 fully saturated rings. The lowest BCUT2D eigenvalue weighted by Gasteiger charge is -2.08. The minimum Gasteiger partial charge on any atom is -0.465 e. The molecule has 0 spiro atoms. The van der Waals surface area contributed by atoms with Gasteiger partial charge in [-0.3, -0.25) is 4.79 Å². The summed E-state index contributed by atoms with van der Waals surface area (Å²) in [6.07, 6.45) is 1.72. The predicted molar refractivity (Wildman–Crippen MR) is 132 cm³/mol. The molecule has 1 amide bonds. The van der Waals surface area contributed by atoms with Crippen LogP contribution in [0.15, 0.2) is 22.7 Å². The van der Waals surface area contributed by atoms with Crippen LogP contribution in [0.2, 0.25) is 0 Å². The van der Waals surface area contributed by atoms with Crippen molar-refractivity contribution in [1.29, 1.82) is 0 Å². The molecule has 3 rings (SSSR count). The Hall–Kier alpha value is -2.17. The molecule has 3 aromatic rings. The molecular formula is C22H28N4O3S3. The standard InChI is InChI=1S/C22H28N4O3S3/c1-6-8-26-19(14-9-17(13(3)4)30-11-14)24-25-22(26)31-12-18(27)23-20-16(21(28)29-5)10-15(7-2)32-20/h9-11,13H,6-8,12H2,1-5H3,(H,23,27). The van der Waals surface area contributed by atoms with Crippen molar-refractivity contribution in [2.45, 2.75) is 58.2 Å². The van der Waals surface area contributed by atoms with Crippen LogP contribution in [-0.4, -0.2) is 39.5 Å². The molecule has 0 radical (unpaired) electrons. The van der Waals surface area contributed by atoms with Gasteiger partial charge in [-0.2, -0.15) is 0 Å². The van der Waals surface area contributed by atoms with Gasteiger partial charge in [0.2, 0.25) is 5.91 Å². The van der Waals surface area contributed by atoms with Crippen molar-refractivity contribution in [1.82, 2.24) is 14.8 Å². The van der Waals surface area contributed by atoms with E-state index in [9.17, 15) is 9.59 Å². The monoisotopic (exact) mass is 492 g/mol. The Bertz CT molecular complexity index is 1080. The van der Waals surface area contributed by atoms with E-state index in [1.807, 2.05) is 6.92 Å². The SMILES string of the molecule is CCCn1c(SCC(=O)Nc2sc(CC)cc2C(=O)OC)nnc1-c1csc(C(C)C)c1. The zero-order chi connectivity index (χ0) is 23.3. The Labute approximate surface area is 200 Å². The molecule has 0 unspecified atom stereocenters. The number of methoxy groups -OCH3 is 1. The van der Waals surface area contributed by atoms with E-state index in [2.05, 4.69) is 52.3 Å². The first-order valence-electron chi connectivity index (χ1n) is 10.5. The second kappa shape index (κ2) is 11.1. The molecule has 3 aromatic heterocycles. The van der Waals surface area contributed by atoms with Crippen molar-refractivity contribution in [2.75, 3.05) is 18.2 Å². The van der Waals surface area contributed by atoms with E-state index in [1.54, 1.807) is 17.4 Å². The number of aromatic nitrogens is 3. The first-order valence-corrected chi connectivity index (χ1v) is 13.2. The summed E-state index contributed by atoms with van der Waals surface area (Å²) in [5, 5.41) is 15.0. The van der Waals surface area contributed by atoms with Gasteiger partial charge in [-0.05, 0) is 30.9 Å². The molecule has 10 heteroatoms. The molecule has 0 aromatic carbocycles. The highest BCUT2D eigenvalue weighted by Crippen LogP contribution is 2.32. The first kappa shape index (κ1) is 24.5. The van der Waals surface area contributed by atoms with Gasteiger partial charge < -0.3 is 14.6 Å². The predicted octanol–water partition coefficient (Wildman–Crippen LogP) is 5.68. The number of carbonyl (C=O) groups excluding carboxylic acids is 2. The number of rotatable bonds is 10. The number of esters is 1. The van der Waals surface area contributed by atoms with Crippen LogP contribution in [0.5, 0.6) is 0 Å². The summed E-state index contributed by atoms with van der Waals surface area (Å²) < 4.78 is 6.91. The number of nitrogens with zero attached hydrogens (tertiary/aromatic N) is 3. The van der Waals surface area contributed by atoms with Gasteiger partial charge >= 0.3 is 5.97 Å². The summed E-state index contributed by atoms with van der Waals surface area (Å²) in [5.41, 5.74) is 1.45. The smallest absolute Gasteiger partial charge is 0.340 e. The Morgan fingerprint density at radius 2 is 2.03 bits per heavy atom. The van der Waals surface area contributed by atoms with E-state index in [4.69, 9.17) is 4.74 Å². The van der Waals surface area contributed by atoms with Crippen LogP contribution in [0.1, 0.15) is 60.1 Å². The third-order valence-electron chi connectivity index (χ3n) is 4.73. The zero-order valence-corrected chi connectivity index (χ0v) is 21.4. The molecule has 0 aliphatic carbocycles. The highest BCUT2D eigenvalue weighted by atomic mass is 32.2. The van der Waals surface area contributed by atoms with Crippen molar-refractivity contribution in [3.05, 3.63) is 32.8 Å². The van der Waals surface area contributed by atoms with Crippen LogP contribution in [-0.2, 0) is 22.5 Å². The molecule has 32 heavy (non-hydrogen) atoms. The van der Waals surface area contributed by atoms with E-state index in [-0.39, 0.29) is 11.7 Å². The van der Waals surface area contributed by atoms with Crippen molar-refractivity contribution in [2.24, 2.45) is 0 Å².